The molecule has 1 aromatic heterocycles. The van der Waals surface area contributed by atoms with Gasteiger partial charge in [0, 0.05) is 31.0 Å². The van der Waals surface area contributed by atoms with Gasteiger partial charge in [-0.25, -0.2) is 8.42 Å². The number of sulfone groups is 1. The largest absolute Gasteiger partial charge is 0.376 e. The standard InChI is InChI=1S/C16H21N3O5S/c20-15(19-12-4-7-25(22,23)10-12)11-3-5-17-14(8-11)16(21)18-9-13-2-1-6-24-13/h3,5,8,12-13H,1-2,4,6-7,9-10H2,(H,18,21)(H,19,20). The SMILES string of the molecule is O=C(NC1CCS(=O)(=O)C1)c1ccnc(C(=O)NCC2CCCO2)c1. The number of nitrogens with zero attached hydrogens (tertiary/aromatic N) is 1. The first kappa shape index (κ1) is 17.8. The van der Waals surface area contributed by atoms with Crippen molar-refractivity contribution in [2.75, 3.05) is 24.7 Å². The molecule has 2 N–H and O–H groups in total. The molecular formula is C16H21N3O5S. The van der Waals surface area contributed by atoms with Crippen molar-refractivity contribution in [3.8, 4) is 0 Å². The van der Waals surface area contributed by atoms with E-state index in [2.05, 4.69) is 15.6 Å². The zero-order valence-corrected chi connectivity index (χ0v) is 14.5. The molecule has 0 aliphatic carbocycles. The molecule has 0 radical (unpaired) electrons. The van der Waals surface area contributed by atoms with Crippen LogP contribution in [0.4, 0.5) is 0 Å². The van der Waals surface area contributed by atoms with E-state index in [0.717, 1.165) is 12.8 Å². The van der Waals surface area contributed by atoms with Crippen LogP contribution in [-0.2, 0) is 14.6 Å². The lowest BCUT2D eigenvalue weighted by molar-refractivity contribution is 0.0853. The monoisotopic (exact) mass is 367 g/mol. The molecular weight excluding hydrogens is 346 g/mol. The fourth-order valence-corrected chi connectivity index (χ4v) is 4.65. The molecule has 0 saturated carbocycles. The molecule has 2 amide bonds. The van der Waals surface area contributed by atoms with Gasteiger partial charge in [0.1, 0.15) is 5.69 Å². The average molecular weight is 367 g/mol. The highest BCUT2D eigenvalue weighted by atomic mass is 32.2. The number of amides is 2. The molecule has 9 heteroatoms. The van der Waals surface area contributed by atoms with Gasteiger partial charge in [-0.3, -0.25) is 14.6 Å². The minimum absolute atomic E-state index is 0.0275. The first-order valence-electron chi connectivity index (χ1n) is 8.30. The first-order valence-corrected chi connectivity index (χ1v) is 10.1. The molecule has 3 heterocycles. The minimum atomic E-state index is -3.06. The maximum Gasteiger partial charge on any atom is 0.269 e. The predicted molar refractivity (Wildman–Crippen MR) is 90.1 cm³/mol. The number of carbonyl (C=O) groups excluding carboxylic acids is 2. The van der Waals surface area contributed by atoms with Crippen LogP contribution < -0.4 is 10.6 Å². The summed E-state index contributed by atoms with van der Waals surface area (Å²) in [7, 11) is -3.06. The number of nitrogens with one attached hydrogen (secondary N) is 2. The number of rotatable bonds is 5. The van der Waals surface area contributed by atoms with Crippen LogP contribution in [0.5, 0.6) is 0 Å². The Balaban J connectivity index is 1.58. The fourth-order valence-electron chi connectivity index (χ4n) is 2.98. The molecule has 2 aliphatic heterocycles. The maximum atomic E-state index is 12.3. The summed E-state index contributed by atoms with van der Waals surface area (Å²) in [4.78, 5) is 28.4. The highest BCUT2D eigenvalue weighted by molar-refractivity contribution is 7.91. The van der Waals surface area contributed by atoms with Crippen molar-refractivity contribution < 1.29 is 22.7 Å². The van der Waals surface area contributed by atoms with Gasteiger partial charge in [0.05, 0.1) is 17.6 Å². The molecule has 2 unspecified atom stereocenters. The van der Waals surface area contributed by atoms with E-state index in [-0.39, 0.29) is 40.8 Å². The van der Waals surface area contributed by atoms with E-state index < -0.39 is 15.7 Å². The van der Waals surface area contributed by atoms with Crippen molar-refractivity contribution >= 4 is 21.7 Å². The Bertz CT molecular complexity index is 759. The van der Waals surface area contributed by atoms with Crippen molar-refractivity contribution in [3.05, 3.63) is 29.6 Å². The minimum Gasteiger partial charge on any atom is -0.376 e. The number of hydrogen-bond donors (Lipinski definition) is 2. The summed E-state index contributed by atoms with van der Waals surface area (Å²) in [5.74, 6) is -0.727. The zero-order chi connectivity index (χ0) is 17.9. The van der Waals surface area contributed by atoms with Crippen molar-refractivity contribution in [2.45, 2.75) is 31.4 Å². The van der Waals surface area contributed by atoms with Crippen LogP contribution in [0.25, 0.3) is 0 Å². The van der Waals surface area contributed by atoms with E-state index in [4.69, 9.17) is 4.74 Å². The third kappa shape index (κ3) is 4.76. The molecule has 0 bridgehead atoms. The van der Waals surface area contributed by atoms with Crippen molar-refractivity contribution in [2.24, 2.45) is 0 Å². The van der Waals surface area contributed by atoms with E-state index in [1.165, 1.54) is 18.3 Å². The van der Waals surface area contributed by atoms with E-state index >= 15 is 0 Å². The van der Waals surface area contributed by atoms with Gasteiger partial charge in [-0.2, -0.15) is 0 Å². The Morgan fingerprint density at radius 1 is 1.28 bits per heavy atom. The summed E-state index contributed by atoms with van der Waals surface area (Å²) in [6.07, 6.45) is 3.74. The van der Waals surface area contributed by atoms with Crippen LogP contribution in [0, 0.1) is 0 Å². The number of aromatic nitrogens is 1. The van der Waals surface area contributed by atoms with Crippen LogP contribution in [0.1, 0.15) is 40.1 Å². The normalized spacial score (nSPS) is 24.8. The van der Waals surface area contributed by atoms with Crippen LogP contribution >= 0.6 is 0 Å². The molecule has 2 fully saturated rings. The molecule has 136 valence electrons. The van der Waals surface area contributed by atoms with Gasteiger partial charge < -0.3 is 15.4 Å². The highest BCUT2D eigenvalue weighted by Gasteiger charge is 2.29. The Kier molecular flexibility index (Phi) is 5.33. The second kappa shape index (κ2) is 7.49. The van der Waals surface area contributed by atoms with E-state index in [9.17, 15) is 18.0 Å². The Labute approximate surface area is 146 Å². The molecule has 2 saturated heterocycles. The second-order valence-electron chi connectivity index (χ2n) is 6.35. The molecule has 0 aromatic carbocycles. The summed E-state index contributed by atoms with van der Waals surface area (Å²) in [6, 6.07) is 2.52. The number of ether oxygens (including phenoxy) is 1. The lowest BCUT2D eigenvalue weighted by Crippen LogP contribution is -2.36. The van der Waals surface area contributed by atoms with Gasteiger partial charge in [0.15, 0.2) is 9.84 Å². The Hall–Kier alpha value is -2.00. The van der Waals surface area contributed by atoms with Gasteiger partial charge in [-0.1, -0.05) is 0 Å². The quantitative estimate of drug-likeness (QED) is 0.752. The van der Waals surface area contributed by atoms with Gasteiger partial charge >= 0.3 is 0 Å². The highest BCUT2D eigenvalue weighted by Crippen LogP contribution is 2.13. The molecule has 25 heavy (non-hydrogen) atoms. The second-order valence-corrected chi connectivity index (χ2v) is 8.58. The molecule has 2 aliphatic rings. The third-order valence-corrected chi connectivity index (χ3v) is 6.10. The van der Waals surface area contributed by atoms with E-state index in [1.807, 2.05) is 0 Å². The van der Waals surface area contributed by atoms with Crippen LogP contribution in [0.15, 0.2) is 18.3 Å². The lowest BCUT2D eigenvalue weighted by atomic mass is 10.1. The van der Waals surface area contributed by atoms with Crippen molar-refractivity contribution in [1.29, 1.82) is 0 Å². The van der Waals surface area contributed by atoms with Crippen molar-refractivity contribution in [1.82, 2.24) is 15.6 Å². The summed E-state index contributed by atoms with van der Waals surface area (Å²) >= 11 is 0. The summed E-state index contributed by atoms with van der Waals surface area (Å²) < 4.78 is 28.4. The topological polar surface area (TPSA) is 114 Å². The van der Waals surface area contributed by atoms with E-state index in [1.54, 1.807) is 0 Å². The van der Waals surface area contributed by atoms with Gasteiger partial charge in [-0.05, 0) is 31.4 Å². The number of hydrogen-bond acceptors (Lipinski definition) is 6. The lowest BCUT2D eigenvalue weighted by Gasteiger charge is -2.12. The third-order valence-electron chi connectivity index (χ3n) is 4.34. The maximum absolute atomic E-state index is 12.3. The average Bonchev–Trinajstić information content (AvgIpc) is 3.22. The molecule has 3 rings (SSSR count). The summed E-state index contributed by atoms with van der Waals surface area (Å²) in [5.41, 5.74) is 0.422. The zero-order valence-electron chi connectivity index (χ0n) is 13.7. The number of carbonyl (C=O) groups is 2. The van der Waals surface area contributed by atoms with Gasteiger partial charge in [0.25, 0.3) is 11.8 Å². The smallest absolute Gasteiger partial charge is 0.269 e. The Morgan fingerprint density at radius 3 is 2.80 bits per heavy atom. The summed E-state index contributed by atoms with van der Waals surface area (Å²) in [6.45, 7) is 1.13. The predicted octanol–water partition coefficient (Wildman–Crippen LogP) is -0.0927. The fraction of sp³-hybridized carbons (Fsp3) is 0.562. The van der Waals surface area contributed by atoms with Crippen LogP contribution in [0.3, 0.4) is 0 Å². The molecule has 2 atom stereocenters. The van der Waals surface area contributed by atoms with Crippen LogP contribution in [-0.4, -0.2) is 62.0 Å². The molecule has 0 spiro atoms. The van der Waals surface area contributed by atoms with Gasteiger partial charge in [0.2, 0.25) is 0 Å². The molecule has 1 aromatic rings. The summed E-state index contributed by atoms with van der Waals surface area (Å²) in [5, 5.41) is 5.45. The first-order chi connectivity index (χ1) is 11.9. The molecule has 8 nitrogen and oxygen atoms in total. The Morgan fingerprint density at radius 2 is 2.12 bits per heavy atom. The van der Waals surface area contributed by atoms with Crippen LogP contribution in [0.2, 0.25) is 0 Å². The van der Waals surface area contributed by atoms with Gasteiger partial charge in [-0.15, -0.1) is 0 Å². The number of pyridine rings is 1. The van der Waals surface area contributed by atoms with E-state index in [0.29, 0.717) is 19.6 Å². The van der Waals surface area contributed by atoms with Crippen molar-refractivity contribution in [3.63, 3.8) is 0 Å².